The third kappa shape index (κ3) is 1.27. The third-order valence-electron chi connectivity index (χ3n) is 2.30. The number of carbonyl (C=O) groups excluding carboxylic acids is 2. The summed E-state index contributed by atoms with van der Waals surface area (Å²) in [5.74, 6) is -0.967. The molecule has 1 unspecified atom stereocenters. The summed E-state index contributed by atoms with van der Waals surface area (Å²) in [5.41, 5.74) is 0.645. The second-order valence-electron chi connectivity index (χ2n) is 3.18. The summed E-state index contributed by atoms with van der Waals surface area (Å²) in [6.07, 6.45) is -0.126. The molecule has 0 saturated carbocycles. The van der Waals surface area contributed by atoms with Gasteiger partial charge in [-0.1, -0.05) is 18.7 Å². The van der Waals surface area contributed by atoms with Crippen LogP contribution in [0, 0.1) is 0 Å². The molecule has 4 heteroatoms. The van der Waals surface area contributed by atoms with Crippen LogP contribution in [-0.2, 0) is 0 Å². The molecule has 1 N–H and O–H groups in total. The monoisotopic (exact) mass is 203 g/mol. The Balaban J connectivity index is 2.50. The number of aliphatic hydroxyl groups excluding tert-OH is 1. The van der Waals surface area contributed by atoms with Crippen LogP contribution in [0.25, 0.3) is 0 Å². The second-order valence-corrected chi connectivity index (χ2v) is 3.18. The molecule has 4 nitrogen and oxygen atoms in total. The first kappa shape index (κ1) is 9.61. The summed E-state index contributed by atoms with van der Waals surface area (Å²) < 4.78 is 0. The normalized spacial score (nSPS) is 16.5. The standard InChI is InChI=1S/C11H9NO3/c1-2-9(13)12-10(14)7-5-3-4-6-8(7)11(12)15/h2-6,9,13H,1H2. The molecule has 76 valence electrons. The number of imide groups is 1. The third-order valence-corrected chi connectivity index (χ3v) is 2.30. The molecule has 1 aliphatic rings. The van der Waals surface area contributed by atoms with Crippen molar-refractivity contribution in [2.24, 2.45) is 0 Å². The molecule has 0 aliphatic carbocycles. The van der Waals surface area contributed by atoms with E-state index in [9.17, 15) is 14.7 Å². The Morgan fingerprint density at radius 1 is 1.20 bits per heavy atom. The molecule has 0 radical (unpaired) electrons. The van der Waals surface area contributed by atoms with Crippen molar-refractivity contribution in [3.8, 4) is 0 Å². The van der Waals surface area contributed by atoms with Gasteiger partial charge in [-0.05, 0) is 18.2 Å². The summed E-state index contributed by atoms with van der Waals surface area (Å²) in [7, 11) is 0. The Hall–Kier alpha value is -1.94. The molecule has 1 atom stereocenters. The Bertz CT molecular complexity index is 418. The van der Waals surface area contributed by atoms with Gasteiger partial charge in [-0.25, -0.2) is 4.90 Å². The summed E-state index contributed by atoms with van der Waals surface area (Å²) in [5, 5.41) is 9.44. The maximum Gasteiger partial charge on any atom is 0.263 e. The number of hydrogen-bond acceptors (Lipinski definition) is 3. The molecule has 0 aromatic heterocycles. The zero-order valence-corrected chi connectivity index (χ0v) is 7.88. The van der Waals surface area contributed by atoms with Crippen molar-refractivity contribution >= 4 is 11.8 Å². The van der Waals surface area contributed by atoms with Gasteiger partial charge in [-0.2, -0.15) is 0 Å². The highest BCUT2D eigenvalue weighted by molar-refractivity contribution is 6.21. The van der Waals surface area contributed by atoms with Gasteiger partial charge in [0.1, 0.15) is 0 Å². The maximum atomic E-state index is 11.7. The molecule has 2 amide bonds. The lowest BCUT2D eigenvalue weighted by Crippen LogP contribution is -2.38. The number of aliphatic hydroxyl groups is 1. The summed E-state index contributed by atoms with van der Waals surface area (Å²) >= 11 is 0. The number of rotatable bonds is 2. The number of fused-ring (bicyclic) bond motifs is 1. The predicted octanol–water partition coefficient (Wildman–Crippen LogP) is 0.787. The molecular formula is C11H9NO3. The topological polar surface area (TPSA) is 57.6 Å². The van der Waals surface area contributed by atoms with Crippen molar-refractivity contribution in [2.75, 3.05) is 0 Å². The van der Waals surface area contributed by atoms with E-state index in [4.69, 9.17) is 0 Å². The fourth-order valence-electron chi connectivity index (χ4n) is 1.55. The van der Waals surface area contributed by atoms with Gasteiger partial charge < -0.3 is 5.11 Å². The Labute approximate surface area is 86.4 Å². The van der Waals surface area contributed by atoms with Crippen molar-refractivity contribution in [3.05, 3.63) is 48.0 Å². The Morgan fingerprint density at radius 2 is 1.67 bits per heavy atom. The van der Waals surface area contributed by atoms with Crippen molar-refractivity contribution in [1.82, 2.24) is 4.90 Å². The van der Waals surface area contributed by atoms with Crippen LogP contribution in [0.1, 0.15) is 20.7 Å². The van der Waals surface area contributed by atoms with E-state index in [1.165, 1.54) is 0 Å². The van der Waals surface area contributed by atoms with E-state index in [2.05, 4.69) is 6.58 Å². The van der Waals surface area contributed by atoms with Gasteiger partial charge in [0.05, 0.1) is 11.1 Å². The predicted molar refractivity (Wildman–Crippen MR) is 53.1 cm³/mol. The van der Waals surface area contributed by atoms with E-state index >= 15 is 0 Å². The molecule has 0 spiro atoms. The van der Waals surface area contributed by atoms with E-state index < -0.39 is 18.0 Å². The minimum Gasteiger partial charge on any atom is -0.369 e. The molecule has 1 heterocycles. The number of amides is 2. The smallest absolute Gasteiger partial charge is 0.263 e. The van der Waals surface area contributed by atoms with Crippen LogP contribution < -0.4 is 0 Å². The van der Waals surface area contributed by atoms with Crippen LogP contribution in [0.3, 0.4) is 0 Å². The molecule has 1 aliphatic heterocycles. The van der Waals surface area contributed by atoms with E-state index in [0.29, 0.717) is 11.1 Å². The molecule has 2 rings (SSSR count). The highest BCUT2D eigenvalue weighted by Gasteiger charge is 2.37. The summed E-state index contributed by atoms with van der Waals surface area (Å²) in [6.45, 7) is 3.34. The molecular weight excluding hydrogens is 194 g/mol. The highest BCUT2D eigenvalue weighted by atomic mass is 16.3. The average Bonchev–Trinajstić information content (AvgIpc) is 2.52. The SMILES string of the molecule is C=CC(O)N1C(=O)c2ccccc2C1=O. The van der Waals surface area contributed by atoms with Crippen LogP contribution in [0.15, 0.2) is 36.9 Å². The average molecular weight is 203 g/mol. The van der Waals surface area contributed by atoms with Crippen molar-refractivity contribution in [2.45, 2.75) is 6.23 Å². The highest BCUT2D eigenvalue weighted by Crippen LogP contribution is 2.23. The van der Waals surface area contributed by atoms with Crippen LogP contribution >= 0.6 is 0 Å². The molecule has 1 aromatic rings. The van der Waals surface area contributed by atoms with E-state index in [1.807, 2.05) is 0 Å². The Kier molecular flexibility index (Phi) is 2.13. The van der Waals surface area contributed by atoms with Gasteiger partial charge in [-0.15, -0.1) is 0 Å². The fraction of sp³-hybridized carbons (Fsp3) is 0.0909. The zero-order chi connectivity index (χ0) is 11.0. The molecule has 0 fully saturated rings. The second kappa shape index (κ2) is 3.33. The van der Waals surface area contributed by atoms with Crippen molar-refractivity contribution in [1.29, 1.82) is 0 Å². The molecule has 0 bridgehead atoms. The van der Waals surface area contributed by atoms with Gasteiger partial charge in [0.25, 0.3) is 11.8 Å². The van der Waals surface area contributed by atoms with Crippen LogP contribution in [-0.4, -0.2) is 28.0 Å². The van der Waals surface area contributed by atoms with Gasteiger partial charge in [0.2, 0.25) is 0 Å². The van der Waals surface area contributed by atoms with Crippen LogP contribution in [0.5, 0.6) is 0 Å². The van der Waals surface area contributed by atoms with Gasteiger partial charge in [0, 0.05) is 0 Å². The number of benzene rings is 1. The van der Waals surface area contributed by atoms with E-state index in [1.54, 1.807) is 24.3 Å². The first-order valence-electron chi connectivity index (χ1n) is 4.44. The van der Waals surface area contributed by atoms with Gasteiger partial charge in [0.15, 0.2) is 6.23 Å². The summed E-state index contributed by atoms with van der Waals surface area (Å²) in [6, 6.07) is 6.47. The van der Waals surface area contributed by atoms with Crippen LogP contribution in [0.4, 0.5) is 0 Å². The lowest BCUT2D eigenvalue weighted by molar-refractivity contribution is 0.0308. The van der Waals surface area contributed by atoms with E-state index in [-0.39, 0.29) is 0 Å². The van der Waals surface area contributed by atoms with Gasteiger partial charge in [-0.3, -0.25) is 9.59 Å². The fourth-order valence-corrected chi connectivity index (χ4v) is 1.55. The van der Waals surface area contributed by atoms with Gasteiger partial charge >= 0.3 is 0 Å². The molecule has 0 saturated heterocycles. The lowest BCUT2D eigenvalue weighted by atomic mass is 10.1. The van der Waals surface area contributed by atoms with E-state index in [0.717, 1.165) is 11.0 Å². The minimum atomic E-state index is -1.27. The summed E-state index contributed by atoms with van der Waals surface area (Å²) in [4.78, 5) is 24.2. The maximum absolute atomic E-state index is 11.7. The molecule has 15 heavy (non-hydrogen) atoms. The first-order chi connectivity index (χ1) is 7.16. The minimum absolute atomic E-state index is 0.323. The first-order valence-corrected chi connectivity index (χ1v) is 4.44. The number of carbonyl (C=O) groups is 2. The number of nitrogens with zero attached hydrogens (tertiary/aromatic N) is 1. The lowest BCUT2D eigenvalue weighted by Gasteiger charge is -2.17. The largest absolute Gasteiger partial charge is 0.369 e. The van der Waals surface area contributed by atoms with Crippen molar-refractivity contribution in [3.63, 3.8) is 0 Å². The Morgan fingerprint density at radius 3 is 2.07 bits per heavy atom. The molecule has 1 aromatic carbocycles. The van der Waals surface area contributed by atoms with Crippen molar-refractivity contribution < 1.29 is 14.7 Å². The zero-order valence-electron chi connectivity index (χ0n) is 7.88. The quantitative estimate of drug-likeness (QED) is 0.571. The van der Waals surface area contributed by atoms with Crippen LogP contribution in [0.2, 0.25) is 0 Å². The number of hydrogen-bond donors (Lipinski definition) is 1.